The highest BCUT2D eigenvalue weighted by atomic mass is 35.5. The molecule has 208 valence electrons. The van der Waals surface area contributed by atoms with Crippen molar-refractivity contribution in [2.24, 2.45) is 0 Å². The van der Waals surface area contributed by atoms with Gasteiger partial charge in [0.2, 0.25) is 11.8 Å². The van der Waals surface area contributed by atoms with E-state index in [1.807, 2.05) is 13.8 Å². The molecule has 0 saturated carbocycles. The Morgan fingerprint density at radius 2 is 1.59 bits per heavy atom. The fourth-order valence-electron chi connectivity index (χ4n) is 4.18. The maximum atomic E-state index is 14.0. The monoisotopic (exact) mass is 573 g/mol. The van der Waals surface area contributed by atoms with E-state index in [0.717, 1.165) is 4.31 Å². The van der Waals surface area contributed by atoms with Gasteiger partial charge in [-0.25, -0.2) is 12.8 Å². The number of nitrogens with zero attached hydrogens (tertiary/aromatic N) is 2. The molecule has 0 heterocycles. The summed E-state index contributed by atoms with van der Waals surface area (Å²) in [6.07, 6.45) is 0.291. The minimum Gasteiger partial charge on any atom is -0.352 e. The smallest absolute Gasteiger partial charge is 0.264 e. The maximum Gasteiger partial charge on any atom is 0.264 e. The lowest BCUT2D eigenvalue weighted by atomic mass is 10.1. The zero-order valence-electron chi connectivity index (χ0n) is 22.4. The van der Waals surface area contributed by atoms with Crippen molar-refractivity contribution in [3.05, 3.63) is 94.8 Å². The predicted octanol–water partition coefficient (Wildman–Crippen LogP) is 5.31. The molecule has 0 bridgehead atoms. The molecular weight excluding hydrogens is 541 g/mol. The summed E-state index contributed by atoms with van der Waals surface area (Å²) in [5, 5.41) is 3.22. The van der Waals surface area contributed by atoms with E-state index in [2.05, 4.69) is 5.32 Å². The van der Waals surface area contributed by atoms with Crippen molar-refractivity contribution in [1.29, 1.82) is 0 Å². The minimum absolute atomic E-state index is 0.00819. The van der Waals surface area contributed by atoms with Crippen LogP contribution in [0.4, 0.5) is 10.1 Å². The molecule has 0 fully saturated rings. The van der Waals surface area contributed by atoms with Gasteiger partial charge in [-0.2, -0.15) is 0 Å². The number of aryl methyl sites for hydroxylation is 1. The first-order valence-electron chi connectivity index (χ1n) is 12.6. The second kappa shape index (κ2) is 13.1. The second-order valence-corrected chi connectivity index (χ2v) is 11.8. The fraction of sp³-hybridized carbons (Fsp3) is 0.310. The zero-order chi connectivity index (χ0) is 28.7. The summed E-state index contributed by atoms with van der Waals surface area (Å²) < 4.78 is 42.3. The van der Waals surface area contributed by atoms with Crippen molar-refractivity contribution in [1.82, 2.24) is 10.2 Å². The molecule has 3 aromatic carbocycles. The summed E-state index contributed by atoms with van der Waals surface area (Å²) in [6, 6.07) is 17.1. The van der Waals surface area contributed by atoms with Crippen LogP contribution in [0.2, 0.25) is 5.02 Å². The number of nitrogens with one attached hydrogen (secondary N) is 1. The lowest BCUT2D eigenvalue weighted by Crippen LogP contribution is -2.53. The first-order chi connectivity index (χ1) is 18.4. The number of carbonyl (C=O) groups excluding carboxylic acids is 2. The summed E-state index contributed by atoms with van der Waals surface area (Å²) in [5.41, 5.74) is 1.59. The maximum absolute atomic E-state index is 14.0. The van der Waals surface area contributed by atoms with Gasteiger partial charge in [0.15, 0.2) is 0 Å². The SMILES string of the molecule is CCC(C(=O)NC(C)C)N(Cc1ccc(F)cc1)C(=O)CN(c1ccccc1C)S(=O)(=O)c1ccc(Cl)cc1. The number of amides is 2. The number of carbonyl (C=O) groups is 2. The van der Waals surface area contributed by atoms with Crippen LogP contribution in [-0.2, 0) is 26.2 Å². The van der Waals surface area contributed by atoms with E-state index in [0.29, 0.717) is 28.3 Å². The molecular formula is C29H33ClFN3O4S. The van der Waals surface area contributed by atoms with Crippen molar-refractivity contribution in [2.45, 2.75) is 57.6 Å². The third-order valence-electron chi connectivity index (χ3n) is 6.15. The van der Waals surface area contributed by atoms with Crippen LogP contribution in [0.25, 0.3) is 0 Å². The summed E-state index contributed by atoms with van der Waals surface area (Å²) in [4.78, 5) is 28.4. The van der Waals surface area contributed by atoms with E-state index in [1.54, 1.807) is 38.1 Å². The number of sulfonamides is 1. The van der Waals surface area contributed by atoms with Crippen LogP contribution in [0.5, 0.6) is 0 Å². The lowest BCUT2D eigenvalue weighted by molar-refractivity contribution is -0.140. The van der Waals surface area contributed by atoms with Crippen molar-refractivity contribution < 1.29 is 22.4 Å². The number of hydrogen-bond acceptors (Lipinski definition) is 4. The minimum atomic E-state index is -4.20. The Labute approximate surface area is 234 Å². The molecule has 3 rings (SSSR count). The number of benzene rings is 3. The highest BCUT2D eigenvalue weighted by Crippen LogP contribution is 2.28. The van der Waals surface area contributed by atoms with Crippen LogP contribution in [-0.4, -0.2) is 43.8 Å². The van der Waals surface area contributed by atoms with Crippen molar-refractivity contribution in [3.63, 3.8) is 0 Å². The fourth-order valence-corrected chi connectivity index (χ4v) is 5.78. The number of rotatable bonds is 11. The number of hydrogen-bond donors (Lipinski definition) is 1. The molecule has 0 radical (unpaired) electrons. The second-order valence-electron chi connectivity index (χ2n) is 9.49. The molecule has 0 aromatic heterocycles. The highest BCUT2D eigenvalue weighted by Gasteiger charge is 2.34. The third-order valence-corrected chi connectivity index (χ3v) is 8.17. The van der Waals surface area contributed by atoms with E-state index >= 15 is 0 Å². The van der Waals surface area contributed by atoms with E-state index < -0.39 is 34.3 Å². The zero-order valence-corrected chi connectivity index (χ0v) is 24.0. The number of anilines is 1. The predicted molar refractivity (Wildman–Crippen MR) is 151 cm³/mol. The molecule has 0 saturated heterocycles. The van der Waals surface area contributed by atoms with E-state index in [4.69, 9.17) is 11.6 Å². The van der Waals surface area contributed by atoms with Gasteiger partial charge in [0.1, 0.15) is 18.4 Å². The molecule has 1 N–H and O–H groups in total. The Morgan fingerprint density at radius 1 is 0.974 bits per heavy atom. The van der Waals surface area contributed by atoms with E-state index in [-0.39, 0.29) is 23.4 Å². The molecule has 10 heteroatoms. The van der Waals surface area contributed by atoms with Crippen LogP contribution in [0, 0.1) is 12.7 Å². The van der Waals surface area contributed by atoms with Crippen LogP contribution < -0.4 is 9.62 Å². The molecule has 0 aliphatic rings. The van der Waals surface area contributed by atoms with Crippen LogP contribution in [0.3, 0.4) is 0 Å². The van der Waals surface area contributed by atoms with Crippen LogP contribution in [0.15, 0.2) is 77.7 Å². The number of halogens is 2. The van der Waals surface area contributed by atoms with Crippen LogP contribution >= 0.6 is 11.6 Å². The quantitative estimate of drug-likeness (QED) is 0.337. The van der Waals surface area contributed by atoms with Gasteiger partial charge in [0, 0.05) is 17.6 Å². The molecule has 1 atom stereocenters. The average Bonchev–Trinajstić information content (AvgIpc) is 2.88. The Morgan fingerprint density at radius 3 is 2.15 bits per heavy atom. The van der Waals surface area contributed by atoms with Gasteiger partial charge in [0.25, 0.3) is 10.0 Å². The normalized spacial score (nSPS) is 12.2. The highest BCUT2D eigenvalue weighted by molar-refractivity contribution is 7.92. The van der Waals surface area contributed by atoms with E-state index in [1.165, 1.54) is 53.4 Å². The molecule has 0 aliphatic heterocycles. The molecule has 0 aliphatic carbocycles. The van der Waals surface area contributed by atoms with Crippen LogP contribution in [0.1, 0.15) is 38.3 Å². The van der Waals surface area contributed by atoms with Crippen molar-refractivity contribution in [2.75, 3.05) is 10.8 Å². The topological polar surface area (TPSA) is 86.8 Å². The Balaban J connectivity index is 2.07. The molecule has 2 amide bonds. The first kappa shape index (κ1) is 30.1. The van der Waals surface area contributed by atoms with Crippen molar-refractivity contribution in [3.8, 4) is 0 Å². The Hall–Kier alpha value is -3.43. The molecule has 7 nitrogen and oxygen atoms in total. The van der Waals surface area contributed by atoms with Gasteiger partial charge >= 0.3 is 0 Å². The Kier molecular flexibility index (Phi) is 10.1. The van der Waals surface area contributed by atoms with Gasteiger partial charge in [-0.1, -0.05) is 48.9 Å². The molecule has 39 heavy (non-hydrogen) atoms. The molecule has 0 spiro atoms. The standard InChI is InChI=1S/C29H33ClFN3O4S/c1-5-26(29(36)32-20(2)3)33(18-22-10-14-24(31)15-11-22)28(35)19-34(27-9-7-6-8-21(27)4)39(37,38)25-16-12-23(30)13-17-25/h6-17,20,26H,5,18-19H2,1-4H3,(H,32,36). The first-order valence-corrected chi connectivity index (χ1v) is 14.4. The average molecular weight is 574 g/mol. The van der Waals surface area contributed by atoms with Gasteiger partial charge < -0.3 is 10.2 Å². The molecule has 3 aromatic rings. The summed E-state index contributed by atoms with van der Waals surface area (Å²) in [6.45, 7) is 6.60. The van der Waals surface area contributed by atoms with E-state index in [9.17, 15) is 22.4 Å². The summed E-state index contributed by atoms with van der Waals surface area (Å²) >= 11 is 5.98. The van der Waals surface area contributed by atoms with Crippen molar-refractivity contribution >= 4 is 39.1 Å². The Bertz CT molecular complexity index is 1400. The van der Waals surface area contributed by atoms with Gasteiger partial charge in [0.05, 0.1) is 10.6 Å². The summed E-state index contributed by atoms with van der Waals surface area (Å²) in [5.74, 6) is -1.36. The molecule has 1 unspecified atom stereocenters. The third kappa shape index (κ3) is 7.58. The van der Waals surface area contributed by atoms with Gasteiger partial charge in [-0.05, 0) is 80.8 Å². The summed E-state index contributed by atoms with van der Waals surface area (Å²) in [7, 11) is -4.20. The lowest BCUT2D eigenvalue weighted by Gasteiger charge is -2.34. The number of para-hydroxylation sites is 1. The van der Waals surface area contributed by atoms with Gasteiger partial charge in [-0.3, -0.25) is 13.9 Å². The van der Waals surface area contributed by atoms with Gasteiger partial charge in [-0.15, -0.1) is 0 Å². The largest absolute Gasteiger partial charge is 0.352 e.